The molecule has 3 nitrogen and oxygen atoms in total. The molecule has 0 amide bonds. The maximum Gasteiger partial charge on any atom is 0.231 e. The summed E-state index contributed by atoms with van der Waals surface area (Å²) in [4.78, 5) is 0. The van der Waals surface area contributed by atoms with Crippen molar-refractivity contribution in [3.05, 3.63) is 57.0 Å². The molecule has 1 heterocycles. The van der Waals surface area contributed by atoms with E-state index in [0.717, 1.165) is 27.5 Å². The van der Waals surface area contributed by atoms with E-state index in [9.17, 15) is 0 Å². The maximum atomic E-state index is 5.95. The Morgan fingerprint density at radius 3 is 2.81 bits per heavy atom. The number of rotatable bonds is 4. The maximum absolute atomic E-state index is 5.95. The Labute approximate surface area is 137 Å². The fourth-order valence-electron chi connectivity index (χ4n) is 2.23. The van der Waals surface area contributed by atoms with Gasteiger partial charge in [0.1, 0.15) is 0 Å². The molecule has 1 aliphatic heterocycles. The fourth-order valence-corrected chi connectivity index (χ4v) is 3.05. The third kappa shape index (κ3) is 3.34. The van der Waals surface area contributed by atoms with E-state index in [4.69, 9.17) is 21.1 Å². The molecule has 0 aromatic heterocycles. The smallest absolute Gasteiger partial charge is 0.231 e. The zero-order valence-corrected chi connectivity index (χ0v) is 13.9. The Morgan fingerprint density at radius 2 is 2.00 bits per heavy atom. The van der Waals surface area contributed by atoms with Crippen LogP contribution >= 0.6 is 27.5 Å². The molecule has 0 radical (unpaired) electrons. The molecule has 2 aromatic rings. The summed E-state index contributed by atoms with van der Waals surface area (Å²) in [5, 5.41) is 4.23. The van der Waals surface area contributed by atoms with Gasteiger partial charge in [-0.1, -0.05) is 39.7 Å². The van der Waals surface area contributed by atoms with Crippen LogP contribution < -0.4 is 14.8 Å². The summed E-state index contributed by atoms with van der Waals surface area (Å²) in [7, 11) is 0. The predicted molar refractivity (Wildman–Crippen MR) is 87.0 cm³/mol. The molecule has 21 heavy (non-hydrogen) atoms. The van der Waals surface area contributed by atoms with E-state index in [1.807, 2.05) is 30.3 Å². The van der Waals surface area contributed by atoms with Crippen molar-refractivity contribution < 1.29 is 9.47 Å². The molecule has 0 spiro atoms. The molecule has 5 heteroatoms. The second-order valence-corrected chi connectivity index (χ2v) is 6.24. The van der Waals surface area contributed by atoms with E-state index in [2.05, 4.69) is 34.2 Å². The van der Waals surface area contributed by atoms with E-state index in [0.29, 0.717) is 6.79 Å². The minimum Gasteiger partial charge on any atom is -0.454 e. The Bertz CT molecular complexity index is 663. The molecule has 2 aromatic carbocycles. The van der Waals surface area contributed by atoms with Crippen LogP contribution in [0, 0.1) is 0 Å². The summed E-state index contributed by atoms with van der Waals surface area (Å²) in [6, 6.07) is 12.1. The first-order chi connectivity index (χ1) is 10.1. The van der Waals surface area contributed by atoms with Gasteiger partial charge in [-0.25, -0.2) is 0 Å². The monoisotopic (exact) mass is 367 g/mol. The van der Waals surface area contributed by atoms with Gasteiger partial charge >= 0.3 is 0 Å². The van der Waals surface area contributed by atoms with Gasteiger partial charge < -0.3 is 14.8 Å². The van der Waals surface area contributed by atoms with Crippen LogP contribution in [0.2, 0.25) is 5.02 Å². The molecule has 3 rings (SSSR count). The van der Waals surface area contributed by atoms with Gasteiger partial charge in [0.05, 0.1) is 0 Å². The molecule has 0 saturated carbocycles. The number of hydrogen-bond acceptors (Lipinski definition) is 3. The van der Waals surface area contributed by atoms with E-state index in [-0.39, 0.29) is 6.04 Å². The number of nitrogens with one attached hydrogen (secondary N) is 1. The SMILES string of the molecule is CC(NCc1ccc(Cl)cc1Br)c1ccc2c(c1)OCO2. The Balaban J connectivity index is 1.67. The highest BCUT2D eigenvalue weighted by atomic mass is 79.9. The molecule has 0 fully saturated rings. The molecule has 1 atom stereocenters. The lowest BCUT2D eigenvalue weighted by atomic mass is 10.1. The van der Waals surface area contributed by atoms with Crippen molar-refractivity contribution >= 4 is 27.5 Å². The Kier molecular flexibility index (Phi) is 4.38. The predicted octanol–water partition coefficient (Wildman–Crippen LogP) is 4.68. The van der Waals surface area contributed by atoms with Gasteiger partial charge in [-0.3, -0.25) is 0 Å². The van der Waals surface area contributed by atoms with Gasteiger partial charge in [0, 0.05) is 22.1 Å². The van der Waals surface area contributed by atoms with Crippen LogP contribution in [0.3, 0.4) is 0 Å². The lowest BCUT2D eigenvalue weighted by Crippen LogP contribution is -2.18. The average Bonchev–Trinajstić information content (AvgIpc) is 2.93. The Morgan fingerprint density at radius 1 is 1.19 bits per heavy atom. The number of ether oxygens (including phenoxy) is 2. The first-order valence-corrected chi connectivity index (χ1v) is 7.87. The van der Waals surface area contributed by atoms with Gasteiger partial charge in [0.15, 0.2) is 11.5 Å². The number of hydrogen-bond donors (Lipinski definition) is 1. The van der Waals surface area contributed by atoms with Gasteiger partial charge in [0.2, 0.25) is 6.79 Å². The van der Waals surface area contributed by atoms with Crippen LogP contribution in [-0.2, 0) is 6.54 Å². The average molecular weight is 369 g/mol. The summed E-state index contributed by atoms with van der Waals surface area (Å²) < 4.78 is 11.8. The summed E-state index contributed by atoms with van der Waals surface area (Å²) in [5.74, 6) is 1.63. The van der Waals surface area contributed by atoms with Crippen molar-refractivity contribution in [2.75, 3.05) is 6.79 Å². The van der Waals surface area contributed by atoms with Crippen molar-refractivity contribution in [3.8, 4) is 11.5 Å². The largest absolute Gasteiger partial charge is 0.454 e. The van der Waals surface area contributed by atoms with E-state index in [1.54, 1.807) is 0 Å². The van der Waals surface area contributed by atoms with E-state index in [1.165, 1.54) is 11.1 Å². The molecule has 1 N–H and O–H groups in total. The van der Waals surface area contributed by atoms with E-state index < -0.39 is 0 Å². The van der Waals surface area contributed by atoms with Gasteiger partial charge in [0.25, 0.3) is 0 Å². The van der Waals surface area contributed by atoms with Crippen LogP contribution in [0.15, 0.2) is 40.9 Å². The van der Waals surface area contributed by atoms with Crippen molar-refractivity contribution in [3.63, 3.8) is 0 Å². The van der Waals surface area contributed by atoms with Gasteiger partial charge in [-0.05, 0) is 42.3 Å². The second kappa shape index (κ2) is 6.26. The highest BCUT2D eigenvalue weighted by Gasteiger charge is 2.15. The number of benzene rings is 2. The van der Waals surface area contributed by atoms with Crippen LogP contribution in [0.4, 0.5) is 0 Å². The molecule has 0 bridgehead atoms. The first-order valence-electron chi connectivity index (χ1n) is 6.70. The van der Waals surface area contributed by atoms with Crippen molar-refractivity contribution in [1.29, 1.82) is 0 Å². The molecule has 0 saturated heterocycles. The summed E-state index contributed by atoms with van der Waals surface area (Å²) >= 11 is 9.49. The van der Waals surface area contributed by atoms with Crippen LogP contribution in [0.25, 0.3) is 0 Å². The summed E-state index contributed by atoms with van der Waals surface area (Å²) in [6.45, 7) is 3.19. The minimum absolute atomic E-state index is 0.210. The topological polar surface area (TPSA) is 30.5 Å². The van der Waals surface area contributed by atoms with Crippen LogP contribution in [0.5, 0.6) is 11.5 Å². The van der Waals surface area contributed by atoms with E-state index >= 15 is 0 Å². The first kappa shape index (κ1) is 14.7. The Hall–Kier alpha value is -1.23. The summed E-state index contributed by atoms with van der Waals surface area (Å²) in [6.07, 6.45) is 0. The number of halogens is 2. The lowest BCUT2D eigenvalue weighted by Gasteiger charge is -2.15. The molecule has 1 unspecified atom stereocenters. The standard InChI is InChI=1S/C16H15BrClNO2/c1-10(11-3-5-15-16(6-11)21-9-20-15)19-8-12-2-4-13(18)7-14(12)17/h2-7,10,19H,8-9H2,1H3. The molecular formula is C16H15BrClNO2. The van der Waals surface area contributed by atoms with Crippen LogP contribution in [0.1, 0.15) is 24.1 Å². The molecular weight excluding hydrogens is 354 g/mol. The van der Waals surface area contributed by atoms with Crippen molar-refractivity contribution in [1.82, 2.24) is 5.32 Å². The van der Waals surface area contributed by atoms with Gasteiger partial charge in [-0.15, -0.1) is 0 Å². The van der Waals surface area contributed by atoms with Crippen molar-refractivity contribution in [2.45, 2.75) is 19.5 Å². The highest BCUT2D eigenvalue weighted by Crippen LogP contribution is 2.34. The third-order valence-corrected chi connectivity index (χ3v) is 4.48. The zero-order chi connectivity index (χ0) is 14.8. The quantitative estimate of drug-likeness (QED) is 0.850. The lowest BCUT2D eigenvalue weighted by molar-refractivity contribution is 0.174. The molecule has 110 valence electrons. The molecule has 0 aliphatic carbocycles. The highest BCUT2D eigenvalue weighted by molar-refractivity contribution is 9.10. The second-order valence-electron chi connectivity index (χ2n) is 4.95. The number of fused-ring (bicyclic) bond motifs is 1. The minimum atomic E-state index is 0.210. The van der Waals surface area contributed by atoms with Crippen LogP contribution in [-0.4, -0.2) is 6.79 Å². The summed E-state index contributed by atoms with van der Waals surface area (Å²) in [5.41, 5.74) is 2.34. The fraction of sp³-hybridized carbons (Fsp3) is 0.250. The van der Waals surface area contributed by atoms with Gasteiger partial charge in [-0.2, -0.15) is 0 Å². The normalized spacial score (nSPS) is 14.2. The molecule has 1 aliphatic rings. The van der Waals surface area contributed by atoms with Crippen molar-refractivity contribution in [2.24, 2.45) is 0 Å². The zero-order valence-electron chi connectivity index (χ0n) is 11.5. The third-order valence-electron chi connectivity index (χ3n) is 3.51.